The Morgan fingerprint density at radius 1 is 0.385 bits per heavy atom. The van der Waals surface area contributed by atoms with Gasteiger partial charge in [0.1, 0.15) is 6.15 Å². The number of alkyl halides is 24. The van der Waals surface area contributed by atoms with Gasteiger partial charge in [-0.3, -0.25) is 0 Å². The first-order chi connectivity index (χ1) is 35.6. The standard InChI is InChI=1S/C32H12BF24.C18H16NO2/c34-25(35,36)13-1-14(26(37,38)39)6-21(5-13)33(22-7-15(27(40,41)42)2-16(8-22)28(43,44)45,23-9-17(29(46,47)48)3-18(10-23)30(49,50)51)24-11-19(31(52,53)54)4-20(12-24)32(55,56)57;1-21-18(20)17-16-10-6-5-9-15(16)11-12-19(17)13-14-7-3-2-4-8-14/h1-12H;2-12H,13H2,1H3/q-1;+1. The van der Waals surface area contributed by atoms with E-state index in [0.717, 1.165) is 16.3 Å². The van der Waals surface area contributed by atoms with Crippen LogP contribution in [0.2, 0.25) is 0 Å². The number of nitrogens with zero attached hydrogens (tertiary/aromatic N) is 1. The number of fused-ring (bicyclic) bond motifs is 1. The number of methoxy groups -OCH3 is 1. The molecule has 0 fully saturated rings. The maximum atomic E-state index is 14.2. The van der Waals surface area contributed by atoms with Crippen molar-refractivity contribution in [2.45, 2.75) is 56.0 Å². The summed E-state index contributed by atoms with van der Waals surface area (Å²) in [5.74, 6) is -0.317. The van der Waals surface area contributed by atoms with Gasteiger partial charge in [0.25, 0.3) is 5.69 Å². The van der Waals surface area contributed by atoms with Gasteiger partial charge in [-0.25, -0.2) is 4.79 Å². The zero-order chi connectivity index (χ0) is 58.6. The Morgan fingerprint density at radius 3 is 0.923 bits per heavy atom. The second-order valence-electron chi connectivity index (χ2n) is 17.1. The molecule has 0 atom stereocenters. The van der Waals surface area contributed by atoms with E-state index in [1.165, 1.54) is 7.11 Å². The minimum absolute atomic E-state index is 0.317. The van der Waals surface area contributed by atoms with Gasteiger partial charge in [-0.1, -0.05) is 97.1 Å². The fraction of sp³-hybridized carbons (Fsp3) is 0.200. The van der Waals surface area contributed by atoms with E-state index < -0.39 is 195 Å². The summed E-state index contributed by atoms with van der Waals surface area (Å²) in [6.45, 7) is 0.635. The molecule has 0 spiro atoms. The number of hydrogen-bond donors (Lipinski definition) is 0. The Bertz CT molecular complexity index is 2890. The van der Waals surface area contributed by atoms with Crippen LogP contribution < -0.4 is 26.4 Å². The zero-order valence-corrected chi connectivity index (χ0v) is 38.4. The highest BCUT2D eigenvalue weighted by Crippen LogP contribution is 2.41. The Hall–Kier alpha value is -7.42. The lowest BCUT2D eigenvalue weighted by molar-refractivity contribution is -0.689. The van der Waals surface area contributed by atoms with Crippen molar-refractivity contribution in [2.75, 3.05) is 7.11 Å². The molecule has 0 aliphatic carbocycles. The fourth-order valence-corrected chi connectivity index (χ4v) is 8.56. The predicted molar refractivity (Wildman–Crippen MR) is 231 cm³/mol. The monoisotopic (exact) mass is 1140 g/mol. The topological polar surface area (TPSA) is 30.2 Å². The van der Waals surface area contributed by atoms with E-state index in [4.69, 9.17) is 4.74 Å². The van der Waals surface area contributed by atoms with E-state index >= 15 is 0 Å². The van der Waals surface area contributed by atoms with E-state index in [9.17, 15) is 110 Å². The van der Waals surface area contributed by atoms with E-state index in [0.29, 0.717) is 12.2 Å². The van der Waals surface area contributed by atoms with Gasteiger partial charge < -0.3 is 4.74 Å². The molecule has 0 aliphatic rings. The maximum absolute atomic E-state index is 14.2. The molecule has 416 valence electrons. The maximum Gasteiger partial charge on any atom is 0.416 e. The van der Waals surface area contributed by atoms with Crippen LogP contribution >= 0.6 is 0 Å². The molecular weight excluding hydrogens is 1110 g/mol. The number of rotatable bonds is 7. The number of hydrogen-bond acceptors (Lipinski definition) is 2. The summed E-state index contributed by atoms with van der Waals surface area (Å²) in [5.41, 5.74) is -28.5. The molecule has 7 rings (SSSR count). The molecule has 1 aromatic heterocycles. The SMILES string of the molecule is COC(=O)c1c2ccccc2cc[n+]1Cc1ccccc1.FC(F)(F)c1cc([B-](c2cc(C(F)(F)F)cc(C(F)(F)F)c2)(c2cc(C(F)(F)F)cc(C(F)(F)F)c2)c2cc(C(F)(F)F)cc(C(F)(F)F)c2)cc(C(F)(F)F)c1. The van der Waals surface area contributed by atoms with E-state index in [1.54, 1.807) is 0 Å². The third-order valence-electron chi connectivity index (χ3n) is 12.0. The predicted octanol–water partition coefficient (Wildman–Crippen LogP) is 14.2. The summed E-state index contributed by atoms with van der Waals surface area (Å²) in [6, 6.07) is 11.1. The van der Waals surface area contributed by atoms with E-state index in [2.05, 4.69) is 0 Å². The highest BCUT2D eigenvalue weighted by molar-refractivity contribution is 7.20. The molecule has 0 bridgehead atoms. The molecule has 6 aromatic carbocycles. The van der Waals surface area contributed by atoms with Crippen LogP contribution in [0.3, 0.4) is 0 Å². The van der Waals surface area contributed by atoms with Crippen LogP contribution in [0.4, 0.5) is 105 Å². The minimum Gasteiger partial charge on any atom is -0.461 e. The second-order valence-corrected chi connectivity index (χ2v) is 17.1. The van der Waals surface area contributed by atoms with Crippen LogP contribution in [-0.4, -0.2) is 19.2 Å². The highest BCUT2D eigenvalue weighted by atomic mass is 19.4. The zero-order valence-electron chi connectivity index (χ0n) is 38.4. The van der Waals surface area contributed by atoms with Crippen LogP contribution in [0, 0.1) is 0 Å². The third-order valence-corrected chi connectivity index (χ3v) is 12.0. The van der Waals surface area contributed by atoms with Crippen LogP contribution in [-0.2, 0) is 60.7 Å². The van der Waals surface area contributed by atoms with Gasteiger partial charge in [-0.2, -0.15) is 132 Å². The summed E-state index contributed by atoms with van der Waals surface area (Å²) < 4.78 is 348. The molecule has 0 saturated carbocycles. The Balaban J connectivity index is 0.000000387. The van der Waals surface area contributed by atoms with Crippen molar-refractivity contribution in [3.8, 4) is 0 Å². The van der Waals surface area contributed by atoms with Crippen LogP contribution in [0.15, 0.2) is 140 Å². The normalized spacial score (nSPS) is 13.3. The first kappa shape index (κ1) is 59.8. The van der Waals surface area contributed by atoms with E-state index in [-0.39, 0.29) is 5.97 Å². The molecule has 7 aromatic rings. The molecule has 0 aliphatic heterocycles. The number of esters is 1. The van der Waals surface area contributed by atoms with Gasteiger partial charge in [-0.05, 0) is 35.7 Å². The highest BCUT2D eigenvalue weighted by Gasteiger charge is 2.47. The van der Waals surface area contributed by atoms with Crippen LogP contribution in [0.1, 0.15) is 60.6 Å². The molecule has 28 heteroatoms. The molecule has 0 N–H and O–H groups in total. The lowest BCUT2D eigenvalue weighted by atomic mass is 9.12. The van der Waals surface area contributed by atoms with Crippen molar-refractivity contribution < 1.29 is 119 Å². The molecular formula is C50H28BF24NO2. The van der Waals surface area contributed by atoms with Gasteiger partial charge in [0.2, 0.25) is 0 Å². The van der Waals surface area contributed by atoms with Crippen molar-refractivity contribution in [3.63, 3.8) is 0 Å². The fourth-order valence-electron chi connectivity index (χ4n) is 8.56. The number of pyridine rings is 1. The smallest absolute Gasteiger partial charge is 0.416 e. The number of benzene rings is 6. The molecule has 0 saturated heterocycles. The van der Waals surface area contributed by atoms with Gasteiger partial charge >= 0.3 is 55.4 Å². The average molecular weight is 1140 g/mol. The van der Waals surface area contributed by atoms with Crippen LogP contribution in [0.5, 0.6) is 0 Å². The number of carbonyl (C=O) groups excluding carboxylic acids is 1. The van der Waals surface area contributed by atoms with E-state index in [1.807, 2.05) is 71.4 Å². The number of ether oxygens (including phenoxy) is 1. The first-order valence-electron chi connectivity index (χ1n) is 21.4. The van der Waals surface area contributed by atoms with Crippen molar-refractivity contribution >= 4 is 44.7 Å². The Labute approximate surface area is 422 Å². The first-order valence-corrected chi connectivity index (χ1v) is 21.4. The average Bonchev–Trinajstić information content (AvgIpc) is 3.32. The summed E-state index contributed by atoms with van der Waals surface area (Å²) >= 11 is 0. The van der Waals surface area contributed by atoms with Crippen LogP contribution in [0.25, 0.3) is 10.8 Å². The minimum atomic E-state index is -6.13. The van der Waals surface area contributed by atoms with Gasteiger partial charge in [0.15, 0.2) is 12.7 Å². The summed E-state index contributed by atoms with van der Waals surface area (Å²) in [5, 5.41) is 1.94. The molecule has 1 heterocycles. The molecule has 0 radical (unpaired) electrons. The van der Waals surface area contributed by atoms with Crippen molar-refractivity contribution in [3.05, 3.63) is 195 Å². The van der Waals surface area contributed by atoms with Crippen molar-refractivity contribution in [2.24, 2.45) is 0 Å². The van der Waals surface area contributed by atoms with Gasteiger partial charge in [-0.15, -0.1) is 0 Å². The summed E-state index contributed by atoms with van der Waals surface area (Å²) in [6.07, 6.45) is -52.9. The quantitative estimate of drug-likeness (QED) is 0.0689. The third kappa shape index (κ3) is 13.1. The number of carbonyl (C=O) groups is 1. The molecule has 0 amide bonds. The summed E-state index contributed by atoms with van der Waals surface area (Å²) in [4.78, 5) is 12.2. The van der Waals surface area contributed by atoms with Gasteiger partial charge in [0, 0.05) is 11.6 Å². The lowest BCUT2D eigenvalue weighted by Crippen LogP contribution is -2.75. The Kier molecular flexibility index (Phi) is 15.9. The molecule has 3 nitrogen and oxygen atoms in total. The molecule has 78 heavy (non-hydrogen) atoms. The second kappa shape index (κ2) is 20.8. The van der Waals surface area contributed by atoms with Crippen molar-refractivity contribution in [1.29, 1.82) is 0 Å². The largest absolute Gasteiger partial charge is 0.461 e. The Morgan fingerprint density at radius 2 is 0.654 bits per heavy atom. The number of aromatic nitrogens is 1. The lowest BCUT2D eigenvalue weighted by Gasteiger charge is -2.46. The molecule has 0 unspecified atom stereocenters. The van der Waals surface area contributed by atoms with Crippen molar-refractivity contribution in [1.82, 2.24) is 0 Å². The van der Waals surface area contributed by atoms with Gasteiger partial charge in [0.05, 0.1) is 57.0 Å². The number of halogens is 24. The summed E-state index contributed by atoms with van der Waals surface area (Å²) in [7, 11) is 1.41.